The van der Waals surface area contributed by atoms with Crippen LogP contribution in [0.25, 0.3) is 0 Å². The molecule has 1 atom stereocenters. The molecule has 6 heteroatoms. The van der Waals surface area contributed by atoms with E-state index >= 15 is 0 Å². The predicted octanol–water partition coefficient (Wildman–Crippen LogP) is 3.72. The quantitative estimate of drug-likeness (QED) is 0.839. The minimum absolute atomic E-state index is 0.0512. The lowest BCUT2D eigenvalue weighted by Gasteiger charge is -2.28. The summed E-state index contributed by atoms with van der Waals surface area (Å²) in [5.41, 5.74) is 1.88. The Labute approximate surface area is 141 Å². The molecule has 124 valence electrons. The summed E-state index contributed by atoms with van der Waals surface area (Å²) in [5.74, 6) is 0.0512. The molecule has 0 aliphatic heterocycles. The van der Waals surface area contributed by atoms with Crippen molar-refractivity contribution in [2.45, 2.75) is 46.7 Å². The Kier molecular flexibility index (Phi) is 6.10. The zero-order chi connectivity index (χ0) is 16.8. The van der Waals surface area contributed by atoms with E-state index in [9.17, 15) is 4.79 Å². The van der Waals surface area contributed by atoms with E-state index < -0.39 is 0 Å². The van der Waals surface area contributed by atoms with Gasteiger partial charge in [-0.3, -0.25) is 9.78 Å². The third-order valence-electron chi connectivity index (χ3n) is 3.80. The Morgan fingerprint density at radius 2 is 2.04 bits per heavy atom. The van der Waals surface area contributed by atoms with Crippen LogP contribution in [0.15, 0.2) is 24.5 Å². The Morgan fingerprint density at radius 3 is 2.65 bits per heavy atom. The van der Waals surface area contributed by atoms with Gasteiger partial charge < -0.3 is 10.2 Å². The number of thiazole rings is 1. The molecule has 0 aliphatic rings. The van der Waals surface area contributed by atoms with Crippen molar-refractivity contribution in [3.05, 3.63) is 40.7 Å². The van der Waals surface area contributed by atoms with Crippen LogP contribution in [0.1, 0.15) is 48.1 Å². The number of nitrogens with one attached hydrogen (secondary N) is 1. The van der Waals surface area contributed by atoms with Crippen LogP contribution in [-0.4, -0.2) is 33.4 Å². The van der Waals surface area contributed by atoms with Gasteiger partial charge in [0.25, 0.3) is 5.91 Å². The van der Waals surface area contributed by atoms with Crippen LogP contribution in [0.3, 0.4) is 0 Å². The summed E-state index contributed by atoms with van der Waals surface area (Å²) in [6.07, 6.45) is 4.43. The van der Waals surface area contributed by atoms with Crippen molar-refractivity contribution in [3.8, 4) is 0 Å². The van der Waals surface area contributed by atoms with Crippen molar-refractivity contribution in [2.75, 3.05) is 11.9 Å². The fourth-order valence-corrected chi connectivity index (χ4v) is 3.28. The molecule has 5 nitrogen and oxygen atoms in total. The van der Waals surface area contributed by atoms with Crippen LogP contribution >= 0.6 is 11.3 Å². The fourth-order valence-electron chi connectivity index (χ4n) is 2.29. The number of hydrogen-bond acceptors (Lipinski definition) is 5. The lowest BCUT2D eigenvalue weighted by molar-refractivity contribution is 0.0675. The molecule has 2 aromatic heterocycles. The van der Waals surface area contributed by atoms with Gasteiger partial charge in [-0.25, -0.2) is 4.98 Å². The molecule has 23 heavy (non-hydrogen) atoms. The smallest absolute Gasteiger partial charge is 0.266 e. The predicted molar refractivity (Wildman–Crippen MR) is 94.9 cm³/mol. The van der Waals surface area contributed by atoms with Crippen LogP contribution < -0.4 is 5.32 Å². The molecule has 0 spiro atoms. The van der Waals surface area contributed by atoms with Gasteiger partial charge in [0.05, 0.1) is 5.69 Å². The number of pyridine rings is 1. The molecule has 2 rings (SSSR count). The maximum atomic E-state index is 13.0. The molecule has 0 fully saturated rings. The Bertz CT molecular complexity index is 641. The number of hydrogen-bond donors (Lipinski definition) is 1. The topological polar surface area (TPSA) is 58.1 Å². The Hall–Kier alpha value is -1.95. The molecule has 1 N–H and O–H groups in total. The third-order valence-corrected chi connectivity index (χ3v) is 4.91. The number of anilines is 1. The summed E-state index contributed by atoms with van der Waals surface area (Å²) in [4.78, 5) is 24.2. The maximum Gasteiger partial charge on any atom is 0.266 e. The van der Waals surface area contributed by atoms with Crippen LogP contribution in [-0.2, 0) is 6.54 Å². The van der Waals surface area contributed by atoms with Crippen LogP contribution in [0, 0.1) is 6.92 Å². The molecule has 0 aromatic carbocycles. The van der Waals surface area contributed by atoms with Crippen LogP contribution in [0.2, 0.25) is 0 Å². The first-order valence-electron chi connectivity index (χ1n) is 7.97. The minimum Gasteiger partial charge on any atom is -0.362 e. The summed E-state index contributed by atoms with van der Waals surface area (Å²) in [7, 11) is 0. The average molecular weight is 332 g/mol. The molecule has 0 radical (unpaired) electrons. The van der Waals surface area contributed by atoms with Gasteiger partial charge >= 0.3 is 0 Å². The minimum atomic E-state index is 0.0512. The molecule has 0 bridgehead atoms. The van der Waals surface area contributed by atoms with Crippen molar-refractivity contribution < 1.29 is 4.79 Å². The summed E-state index contributed by atoms with van der Waals surface area (Å²) in [5, 5.41) is 3.99. The summed E-state index contributed by atoms with van der Waals surface area (Å²) in [6.45, 7) is 9.48. The Balaban J connectivity index is 2.26. The number of carbonyl (C=O) groups excluding carboxylic acids is 1. The van der Waals surface area contributed by atoms with E-state index in [0.29, 0.717) is 6.54 Å². The van der Waals surface area contributed by atoms with Gasteiger partial charge in [0.2, 0.25) is 0 Å². The second-order valence-electron chi connectivity index (χ2n) is 5.51. The van der Waals surface area contributed by atoms with Crippen molar-refractivity contribution in [2.24, 2.45) is 0 Å². The van der Waals surface area contributed by atoms with Crippen molar-refractivity contribution >= 4 is 22.4 Å². The second kappa shape index (κ2) is 8.06. The van der Waals surface area contributed by atoms with E-state index in [-0.39, 0.29) is 11.9 Å². The lowest BCUT2D eigenvalue weighted by Crippen LogP contribution is -2.37. The highest BCUT2D eigenvalue weighted by atomic mass is 32.1. The molecule has 2 aromatic rings. The van der Waals surface area contributed by atoms with Gasteiger partial charge in [0.1, 0.15) is 4.88 Å². The highest BCUT2D eigenvalue weighted by Crippen LogP contribution is 2.26. The largest absolute Gasteiger partial charge is 0.362 e. The molecule has 0 unspecified atom stereocenters. The van der Waals surface area contributed by atoms with E-state index in [2.05, 4.69) is 29.1 Å². The second-order valence-corrected chi connectivity index (χ2v) is 6.51. The van der Waals surface area contributed by atoms with Crippen molar-refractivity contribution in [1.82, 2.24) is 14.9 Å². The van der Waals surface area contributed by atoms with E-state index in [0.717, 1.165) is 34.2 Å². The summed E-state index contributed by atoms with van der Waals surface area (Å²) in [6, 6.07) is 4.07. The standard InChI is InChI=1S/C17H24N4OS/c1-5-12(3)21(11-14-7-9-18-10-8-14)16(22)15-13(4)20-17(23-15)19-6-2/h7-10,12H,5-6,11H2,1-4H3,(H,19,20)/t12-/m1/s1. The zero-order valence-corrected chi connectivity index (χ0v) is 15.0. The molecule has 0 aliphatic carbocycles. The van der Waals surface area contributed by atoms with Crippen LogP contribution in [0.5, 0.6) is 0 Å². The zero-order valence-electron chi connectivity index (χ0n) is 14.2. The van der Waals surface area contributed by atoms with E-state index in [1.165, 1.54) is 11.3 Å². The lowest BCUT2D eigenvalue weighted by atomic mass is 10.1. The van der Waals surface area contributed by atoms with E-state index in [1.807, 2.05) is 30.9 Å². The number of rotatable bonds is 7. The van der Waals surface area contributed by atoms with E-state index in [4.69, 9.17) is 0 Å². The molecule has 0 saturated heterocycles. The van der Waals surface area contributed by atoms with Gasteiger partial charge in [-0.2, -0.15) is 0 Å². The summed E-state index contributed by atoms with van der Waals surface area (Å²) >= 11 is 1.43. The molecule has 1 amide bonds. The number of nitrogens with zero attached hydrogens (tertiary/aromatic N) is 3. The molecule has 0 saturated carbocycles. The van der Waals surface area contributed by atoms with Crippen molar-refractivity contribution in [3.63, 3.8) is 0 Å². The fraction of sp³-hybridized carbons (Fsp3) is 0.471. The van der Waals surface area contributed by atoms with Crippen molar-refractivity contribution in [1.29, 1.82) is 0 Å². The molecule has 2 heterocycles. The van der Waals surface area contributed by atoms with Gasteiger partial charge in [-0.15, -0.1) is 0 Å². The maximum absolute atomic E-state index is 13.0. The number of aromatic nitrogens is 2. The SMILES string of the molecule is CCNc1nc(C)c(C(=O)N(Cc2ccncc2)[C@H](C)CC)s1. The number of carbonyl (C=O) groups is 1. The Morgan fingerprint density at radius 1 is 1.35 bits per heavy atom. The highest BCUT2D eigenvalue weighted by Gasteiger charge is 2.25. The molecular formula is C17H24N4OS. The monoisotopic (exact) mass is 332 g/mol. The number of amides is 1. The van der Waals surface area contributed by atoms with Gasteiger partial charge in [0, 0.05) is 31.5 Å². The van der Waals surface area contributed by atoms with Crippen LogP contribution in [0.4, 0.5) is 5.13 Å². The van der Waals surface area contributed by atoms with E-state index in [1.54, 1.807) is 12.4 Å². The average Bonchev–Trinajstić information content (AvgIpc) is 2.93. The number of aryl methyl sites for hydroxylation is 1. The van der Waals surface area contributed by atoms with Gasteiger partial charge in [0.15, 0.2) is 5.13 Å². The van der Waals surface area contributed by atoms with Gasteiger partial charge in [-0.05, 0) is 44.9 Å². The molecular weight excluding hydrogens is 308 g/mol. The highest BCUT2D eigenvalue weighted by molar-refractivity contribution is 7.17. The third kappa shape index (κ3) is 4.28. The first kappa shape index (κ1) is 17.4. The first-order chi connectivity index (χ1) is 11.1. The first-order valence-corrected chi connectivity index (χ1v) is 8.79. The van der Waals surface area contributed by atoms with Gasteiger partial charge in [-0.1, -0.05) is 18.3 Å². The summed E-state index contributed by atoms with van der Waals surface area (Å²) < 4.78 is 0. The normalized spacial score (nSPS) is 12.0.